The molecule has 0 aromatic carbocycles. The average Bonchev–Trinajstić information content (AvgIpc) is 2.77. The lowest BCUT2D eigenvalue weighted by Gasteiger charge is -2.19. The van der Waals surface area contributed by atoms with Gasteiger partial charge >= 0.3 is 12.0 Å². The number of amides is 2. The first-order valence-corrected chi connectivity index (χ1v) is 5.89. The molecule has 0 radical (unpaired) electrons. The highest BCUT2D eigenvalue weighted by atomic mass is 32.1. The Labute approximate surface area is 102 Å². The van der Waals surface area contributed by atoms with Gasteiger partial charge in [-0.05, 0) is 5.92 Å². The van der Waals surface area contributed by atoms with Crippen molar-refractivity contribution in [3.63, 3.8) is 0 Å². The number of carboxylic acids is 1. The number of carbonyl (C=O) groups is 2. The molecular weight excluding hydrogens is 244 g/mol. The molecule has 7 nitrogen and oxygen atoms in total. The van der Waals surface area contributed by atoms with E-state index in [1.165, 1.54) is 6.20 Å². The number of carbonyl (C=O) groups excluding carboxylic acids is 1. The van der Waals surface area contributed by atoms with Gasteiger partial charge in [0, 0.05) is 11.5 Å². The fraction of sp³-hybridized carbons (Fsp3) is 0.556. The topological polar surface area (TPSA) is 104 Å². The van der Waals surface area contributed by atoms with Gasteiger partial charge in [0.2, 0.25) is 0 Å². The molecule has 0 spiro atoms. The van der Waals surface area contributed by atoms with E-state index in [1.54, 1.807) is 6.92 Å². The molecule has 2 atom stereocenters. The standard InChI is InChI=1S/C9H14N4O3S/c1-3-5(2)7(8(14)15)12-9(16)11-6-4-10-13-17-6/h4-5,7H,3H2,1-2H3,(H,14,15)(H2,11,12,16). The fourth-order valence-corrected chi connectivity index (χ4v) is 1.61. The lowest BCUT2D eigenvalue weighted by molar-refractivity contribution is -0.140. The molecule has 2 amide bonds. The zero-order chi connectivity index (χ0) is 12.8. The molecule has 0 saturated heterocycles. The Morgan fingerprint density at radius 1 is 1.59 bits per heavy atom. The predicted molar refractivity (Wildman–Crippen MR) is 62.9 cm³/mol. The lowest BCUT2D eigenvalue weighted by atomic mass is 10.00. The molecule has 1 rings (SSSR count). The molecule has 8 heteroatoms. The largest absolute Gasteiger partial charge is 0.480 e. The van der Waals surface area contributed by atoms with Crippen LogP contribution in [0.4, 0.5) is 9.80 Å². The Morgan fingerprint density at radius 3 is 2.76 bits per heavy atom. The molecule has 2 unspecified atom stereocenters. The summed E-state index contributed by atoms with van der Waals surface area (Å²) in [5.41, 5.74) is 0. The van der Waals surface area contributed by atoms with Crippen LogP contribution in [0.15, 0.2) is 6.20 Å². The molecule has 1 aromatic rings. The van der Waals surface area contributed by atoms with E-state index in [9.17, 15) is 9.59 Å². The summed E-state index contributed by atoms with van der Waals surface area (Å²) in [6.07, 6.45) is 2.06. The normalized spacial score (nSPS) is 13.8. The summed E-state index contributed by atoms with van der Waals surface area (Å²) in [6.45, 7) is 3.64. The number of rotatable bonds is 5. The number of hydrogen-bond acceptors (Lipinski definition) is 5. The van der Waals surface area contributed by atoms with Crippen molar-refractivity contribution in [3.8, 4) is 0 Å². The van der Waals surface area contributed by atoms with Gasteiger partial charge in [0.1, 0.15) is 11.0 Å². The van der Waals surface area contributed by atoms with Crippen molar-refractivity contribution in [2.45, 2.75) is 26.3 Å². The number of nitrogens with zero attached hydrogens (tertiary/aromatic N) is 2. The number of anilines is 1. The Hall–Kier alpha value is -1.70. The molecule has 0 aliphatic heterocycles. The number of hydrogen-bond donors (Lipinski definition) is 3. The van der Waals surface area contributed by atoms with E-state index >= 15 is 0 Å². The molecule has 17 heavy (non-hydrogen) atoms. The number of nitrogens with one attached hydrogen (secondary N) is 2. The van der Waals surface area contributed by atoms with Gasteiger partial charge in [-0.25, -0.2) is 9.59 Å². The maximum absolute atomic E-state index is 11.5. The van der Waals surface area contributed by atoms with Crippen LogP contribution in [0.3, 0.4) is 0 Å². The highest BCUT2D eigenvalue weighted by molar-refractivity contribution is 7.10. The van der Waals surface area contributed by atoms with Crippen LogP contribution in [-0.2, 0) is 4.79 Å². The Morgan fingerprint density at radius 2 is 2.29 bits per heavy atom. The minimum Gasteiger partial charge on any atom is -0.480 e. The van der Waals surface area contributed by atoms with Crippen molar-refractivity contribution in [2.24, 2.45) is 5.92 Å². The molecule has 0 aliphatic carbocycles. The second kappa shape index (κ2) is 6.14. The second-order valence-corrected chi connectivity index (χ2v) is 4.37. The lowest BCUT2D eigenvalue weighted by Crippen LogP contribution is -2.46. The van der Waals surface area contributed by atoms with E-state index in [-0.39, 0.29) is 5.92 Å². The van der Waals surface area contributed by atoms with Crippen molar-refractivity contribution in [1.82, 2.24) is 14.9 Å². The van der Waals surface area contributed by atoms with E-state index in [4.69, 9.17) is 5.11 Å². The monoisotopic (exact) mass is 258 g/mol. The summed E-state index contributed by atoms with van der Waals surface area (Å²) in [7, 11) is 0. The van der Waals surface area contributed by atoms with Gasteiger partial charge in [0.05, 0.1) is 6.20 Å². The van der Waals surface area contributed by atoms with Crippen molar-refractivity contribution < 1.29 is 14.7 Å². The predicted octanol–water partition coefficient (Wildman–Crippen LogP) is 1.16. The number of urea groups is 1. The summed E-state index contributed by atoms with van der Waals surface area (Å²) in [5, 5.41) is 17.9. The van der Waals surface area contributed by atoms with Crippen LogP contribution in [0.5, 0.6) is 0 Å². The molecule has 0 bridgehead atoms. The van der Waals surface area contributed by atoms with Crippen LogP contribution in [0.1, 0.15) is 20.3 Å². The zero-order valence-electron chi connectivity index (χ0n) is 9.51. The molecule has 0 saturated carbocycles. The van der Waals surface area contributed by atoms with Gasteiger partial charge in [-0.2, -0.15) is 0 Å². The van der Waals surface area contributed by atoms with Crippen molar-refractivity contribution in [1.29, 1.82) is 0 Å². The fourth-order valence-electron chi connectivity index (χ4n) is 1.19. The van der Waals surface area contributed by atoms with E-state index in [1.807, 2.05) is 6.92 Å². The first-order valence-electron chi connectivity index (χ1n) is 5.12. The van der Waals surface area contributed by atoms with Crippen molar-refractivity contribution in [2.75, 3.05) is 5.32 Å². The van der Waals surface area contributed by atoms with Crippen LogP contribution in [0.25, 0.3) is 0 Å². The molecule has 0 aliphatic rings. The van der Waals surface area contributed by atoms with Gasteiger partial charge in [0.15, 0.2) is 0 Å². The maximum Gasteiger partial charge on any atom is 0.326 e. The maximum atomic E-state index is 11.5. The van der Waals surface area contributed by atoms with Gasteiger partial charge in [-0.15, -0.1) is 5.10 Å². The van der Waals surface area contributed by atoms with E-state index < -0.39 is 18.0 Å². The SMILES string of the molecule is CCC(C)C(NC(=O)Nc1cnns1)C(=O)O. The van der Waals surface area contributed by atoms with Gasteiger partial charge in [0.25, 0.3) is 0 Å². The smallest absolute Gasteiger partial charge is 0.326 e. The third-order valence-electron chi connectivity index (χ3n) is 2.36. The van der Waals surface area contributed by atoms with Gasteiger partial charge < -0.3 is 10.4 Å². The van der Waals surface area contributed by atoms with Crippen LogP contribution in [0.2, 0.25) is 0 Å². The minimum atomic E-state index is -1.04. The van der Waals surface area contributed by atoms with E-state index in [0.717, 1.165) is 11.5 Å². The summed E-state index contributed by atoms with van der Waals surface area (Å²) in [4.78, 5) is 22.5. The number of aliphatic carboxylic acids is 1. The quantitative estimate of drug-likeness (QED) is 0.735. The van der Waals surface area contributed by atoms with Crippen molar-refractivity contribution >= 4 is 28.5 Å². The highest BCUT2D eigenvalue weighted by Gasteiger charge is 2.25. The molecule has 94 valence electrons. The van der Waals surface area contributed by atoms with Crippen molar-refractivity contribution in [3.05, 3.63) is 6.20 Å². The summed E-state index contributed by atoms with van der Waals surface area (Å²) in [5.74, 6) is -1.19. The third-order valence-corrected chi connectivity index (χ3v) is 2.94. The first kappa shape index (κ1) is 13.4. The van der Waals surface area contributed by atoms with Crippen LogP contribution >= 0.6 is 11.5 Å². The average molecular weight is 258 g/mol. The summed E-state index contributed by atoms with van der Waals surface area (Å²) >= 11 is 1.02. The molecule has 1 heterocycles. The van der Waals surface area contributed by atoms with Gasteiger partial charge in [-0.3, -0.25) is 5.32 Å². The molecule has 1 aromatic heterocycles. The highest BCUT2D eigenvalue weighted by Crippen LogP contribution is 2.11. The zero-order valence-corrected chi connectivity index (χ0v) is 10.3. The van der Waals surface area contributed by atoms with Crippen LogP contribution in [-0.4, -0.2) is 32.7 Å². The van der Waals surface area contributed by atoms with E-state index in [0.29, 0.717) is 11.4 Å². The number of aromatic nitrogens is 2. The summed E-state index contributed by atoms with van der Waals surface area (Å²) < 4.78 is 3.57. The third kappa shape index (κ3) is 3.99. The first-order chi connectivity index (χ1) is 8.04. The van der Waals surface area contributed by atoms with E-state index in [2.05, 4.69) is 20.2 Å². The molecule has 0 fully saturated rings. The van der Waals surface area contributed by atoms with Gasteiger partial charge in [-0.1, -0.05) is 24.8 Å². The number of carboxylic acid groups (broad SMARTS) is 1. The Balaban J connectivity index is 2.55. The van der Waals surface area contributed by atoms with Crippen LogP contribution < -0.4 is 10.6 Å². The minimum absolute atomic E-state index is 0.141. The summed E-state index contributed by atoms with van der Waals surface area (Å²) in [6, 6.07) is -1.47. The molecular formula is C9H14N4O3S. The second-order valence-electron chi connectivity index (χ2n) is 3.58. The Kier molecular flexibility index (Phi) is 4.83. The molecule has 3 N–H and O–H groups in total. The van der Waals surface area contributed by atoms with Crippen LogP contribution in [0, 0.1) is 5.92 Å². The Bertz CT molecular complexity index is 382.